The highest BCUT2D eigenvalue weighted by molar-refractivity contribution is 5.93. The van der Waals surface area contributed by atoms with Gasteiger partial charge in [0.15, 0.2) is 0 Å². The zero-order valence-electron chi connectivity index (χ0n) is 17.5. The summed E-state index contributed by atoms with van der Waals surface area (Å²) in [5, 5.41) is 14.3. The highest BCUT2D eigenvalue weighted by atomic mass is 16.3. The number of allylic oxidation sites excluding steroid dienone is 2. The van der Waals surface area contributed by atoms with Crippen molar-refractivity contribution in [1.29, 1.82) is 0 Å². The zero-order valence-corrected chi connectivity index (χ0v) is 17.5. The van der Waals surface area contributed by atoms with Gasteiger partial charge in [0.05, 0.1) is 36.3 Å². The van der Waals surface area contributed by atoms with Gasteiger partial charge in [-0.25, -0.2) is 4.98 Å². The van der Waals surface area contributed by atoms with Crippen LogP contribution < -0.4 is 5.32 Å². The van der Waals surface area contributed by atoms with Crippen molar-refractivity contribution in [3.63, 3.8) is 0 Å². The summed E-state index contributed by atoms with van der Waals surface area (Å²) in [6, 6.07) is 10.6. The molecule has 1 amide bonds. The molecule has 6 nitrogen and oxygen atoms in total. The largest absolute Gasteiger partial charge is 0.393 e. The third-order valence-electron chi connectivity index (χ3n) is 7.20. The molecule has 0 saturated carbocycles. The second-order valence-corrected chi connectivity index (χ2v) is 8.93. The Balaban J connectivity index is 1.28. The van der Waals surface area contributed by atoms with Crippen molar-refractivity contribution in [2.75, 3.05) is 26.2 Å². The van der Waals surface area contributed by atoms with E-state index < -0.39 is 6.10 Å². The van der Waals surface area contributed by atoms with Gasteiger partial charge in [-0.15, -0.1) is 0 Å². The molecule has 0 radical (unpaired) electrons. The van der Waals surface area contributed by atoms with Crippen molar-refractivity contribution in [1.82, 2.24) is 19.8 Å². The topological polar surface area (TPSA) is 70.4 Å². The first kappa shape index (κ1) is 19.5. The number of carbonyl (C=O) groups excluding carboxylic acids is 1. The molecule has 30 heavy (non-hydrogen) atoms. The summed E-state index contributed by atoms with van der Waals surface area (Å²) in [6.07, 6.45) is 5.84. The van der Waals surface area contributed by atoms with Crippen molar-refractivity contribution in [3.8, 4) is 0 Å². The van der Waals surface area contributed by atoms with Gasteiger partial charge in [0.25, 0.3) is 0 Å². The minimum Gasteiger partial charge on any atom is -0.393 e. The van der Waals surface area contributed by atoms with E-state index in [0.717, 1.165) is 44.7 Å². The number of carbonyl (C=O) groups is 1. The molecular formula is C24H30N4O2. The molecule has 0 bridgehead atoms. The molecule has 0 aliphatic carbocycles. The van der Waals surface area contributed by atoms with Crippen LogP contribution in [0.25, 0.3) is 11.1 Å². The summed E-state index contributed by atoms with van der Waals surface area (Å²) in [5.41, 5.74) is 4.88. The van der Waals surface area contributed by atoms with Gasteiger partial charge in [0.1, 0.15) is 0 Å². The Kier molecular flexibility index (Phi) is 5.21. The fourth-order valence-electron chi connectivity index (χ4n) is 5.28. The monoisotopic (exact) mass is 406 g/mol. The molecule has 2 N–H and O–H groups in total. The minimum absolute atomic E-state index is 0.0978. The van der Waals surface area contributed by atoms with E-state index in [0.29, 0.717) is 6.42 Å². The number of aromatic nitrogens is 2. The molecule has 6 heteroatoms. The van der Waals surface area contributed by atoms with E-state index in [-0.39, 0.29) is 23.8 Å². The van der Waals surface area contributed by atoms with E-state index in [2.05, 4.69) is 46.1 Å². The lowest BCUT2D eigenvalue weighted by Crippen LogP contribution is -2.53. The van der Waals surface area contributed by atoms with Gasteiger partial charge in [-0.3, -0.25) is 4.79 Å². The molecular weight excluding hydrogens is 376 g/mol. The van der Waals surface area contributed by atoms with Crippen LogP contribution >= 0.6 is 0 Å². The van der Waals surface area contributed by atoms with Crippen molar-refractivity contribution in [2.24, 2.45) is 11.8 Å². The van der Waals surface area contributed by atoms with Gasteiger partial charge in [0.2, 0.25) is 5.91 Å². The summed E-state index contributed by atoms with van der Waals surface area (Å²) in [7, 11) is 0. The van der Waals surface area contributed by atoms with Crippen molar-refractivity contribution in [2.45, 2.75) is 38.3 Å². The van der Waals surface area contributed by atoms with Crippen LogP contribution in [0.3, 0.4) is 0 Å². The Morgan fingerprint density at radius 2 is 1.97 bits per heavy atom. The smallest absolute Gasteiger partial charge is 0.228 e. The zero-order chi connectivity index (χ0) is 20.7. The molecule has 5 rings (SSSR count). The molecule has 1 aromatic heterocycles. The van der Waals surface area contributed by atoms with E-state index in [1.54, 1.807) is 0 Å². The SMILES string of the molecule is CC1=C(c2ccccc2)C(CC(O)C2CCN(C(=O)C3CNC3)CC2)n2cncc21. The molecule has 3 aliphatic rings. The number of hydrogen-bond acceptors (Lipinski definition) is 4. The second kappa shape index (κ2) is 8.00. The quantitative estimate of drug-likeness (QED) is 0.801. The van der Waals surface area contributed by atoms with Crippen molar-refractivity contribution in [3.05, 3.63) is 54.1 Å². The molecule has 3 aliphatic heterocycles. The second-order valence-electron chi connectivity index (χ2n) is 8.93. The number of likely N-dealkylation sites (tertiary alicyclic amines) is 1. The summed E-state index contributed by atoms with van der Waals surface area (Å²) < 4.78 is 2.21. The van der Waals surface area contributed by atoms with Crippen molar-refractivity contribution >= 4 is 17.1 Å². The maximum atomic E-state index is 12.5. The van der Waals surface area contributed by atoms with E-state index in [4.69, 9.17) is 0 Å². The van der Waals surface area contributed by atoms with E-state index in [1.807, 2.05) is 23.5 Å². The molecule has 4 heterocycles. The molecule has 0 spiro atoms. The highest BCUT2D eigenvalue weighted by Gasteiger charge is 2.36. The summed E-state index contributed by atoms with van der Waals surface area (Å²) in [6.45, 7) is 5.30. The van der Waals surface area contributed by atoms with Crippen LogP contribution in [0, 0.1) is 11.8 Å². The van der Waals surface area contributed by atoms with Gasteiger partial charge in [-0.05, 0) is 48.8 Å². The van der Waals surface area contributed by atoms with Crippen LogP contribution in [-0.2, 0) is 4.79 Å². The Bertz CT molecular complexity index is 939. The predicted octanol–water partition coefficient (Wildman–Crippen LogP) is 2.58. The number of fused-ring (bicyclic) bond motifs is 1. The van der Waals surface area contributed by atoms with Crippen LogP contribution in [-0.4, -0.2) is 57.7 Å². The molecule has 158 valence electrons. The van der Waals surface area contributed by atoms with Gasteiger partial charge in [-0.1, -0.05) is 30.3 Å². The van der Waals surface area contributed by atoms with Gasteiger partial charge < -0.3 is 19.9 Å². The van der Waals surface area contributed by atoms with Gasteiger partial charge in [0, 0.05) is 26.2 Å². The fraction of sp³-hybridized carbons (Fsp3) is 0.500. The van der Waals surface area contributed by atoms with Crippen LogP contribution in [0.1, 0.15) is 43.5 Å². The first-order valence-corrected chi connectivity index (χ1v) is 11.1. The summed E-state index contributed by atoms with van der Waals surface area (Å²) in [5.74, 6) is 0.676. The average Bonchev–Trinajstić information content (AvgIpc) is 3.31. The molecule has 2 fully saturated rings. The number of rotatable bonds is 5. The Hall–Kier alpha value is -2.44. The fourth-order valence-corrected chi connectivity index (χ4v) is 5.28. The summed E-state index contributed by atoms with van der Waals surface area (Å²) in [4.78, 5) is 18.8. The normalized spacial score (nSPS) is 23.4. The Labute approximate surface area is 177 Å². The predicted molar refractivity (Wildman–Crippen MR) is 116 cm³/mol. The Morgan fingerprint density at radius 3 is 2.63 bits per heavy atom. The lowest BCUT2D eigenvalue weighted by atomic mass is 9.84. The highest BCUT2D eigenvalue weighted by Crippen LogP contribution is 2.45. The maximum absolute atomic E-state index is 12.5. The lowest BCUT2D eigenvalue weighted by molar-refractivity contribution is -0.139. The van der Waals surface area contributed by atoms with Crippen LogP contribution in [0.15, 0.2) is 42.9 Å². The average molecular weight is 407 g/mol. The number of piperidine rings is 1. The lowest BCUT2D eigenvalue weighted by Gasteiger charge is -2.38. The third-order valence-corrected chi connectivity index (χ3v) is 7.20. The van der Waals surface area contributed by atoms with E-state index in [9.17, 15) is 9.90 Å². The number of amides is 1. The van der Waals surface area contributed by atoms with Crippen LogP contribution in [0.4, 0.5) is 0 Å². The number of hydrogen-bond donors (Lipinski definition) is 2. The molecule has 2 unspecified atom stereocenters. The Morgan fingerprint density at radius 1 is 1.23 bits per heavy atom. The number of benzene rings is 1. The number of aliphatic hydroxyl groups is 1. The molecule has 2 saturated heterocycles. The van der Waals surface area contributed by atoms with Gasteiger partial charge >= 0.3 is 0 Å². The number of aliphatic hydroxyl groups excluding tert-OH is 1. The molecule has 2 atom stereocenters. The first-order chi connectivity index (χ1) is 14.6. The van der Waals surface area contributed by atoms with Crippen LogP contribution in [0.5, 0.6) is 0 Å². The van der Waals surface area contributed by atoms with E-state index >= 15 is 0 Å². The third kappa shape index (κ3) is 3.38. The minimum atomic E-state index is -0.391. The number of nitrogens with zero attached hydrogens (tertiary/aromatic N) is 3. The first-order valence-electron chi connectivity index (χ1n) is 11.1. The van der Waals surface area contributed by atoms with E-state index in [1.165, 1.54) is 16.7 Å². The standard InChI is InChI=1S/C24H30N4O2/c1-16-21-14-26-15-28(21)20(23(16)18-5-3-2-4-6-18)11-22(29)17-7-9-27(10-8-17)24(30)19-12-25-13-19/h2-6,14-15,17,19-20,22,25,29H,7-13H2,1H3. The van der Waals surface area contributed by atoms with Crippen molar-refractivity contribution < 1.29 is 9.90 Å². The van der Waals surface area contributed by atoms with Crippen LogP contribution in [0.2, 0.25) is 0 Å². The molecule has 2 aromatic rings. The number of nitrogens with one attached hydrogen (secondary N) is 1. The number of imidazole rings is 1. The summed E-state index contributed by atoms with van der Waals surface area (Å²) >= 11 is 0. The maximum Gasteiger partial charge on any atom is 0.228 e. The van der Waals surface area contributed by atoms with Gasteiger partial charge in [-0.2, -0.15) is 0 Å². The molecule has 1 aromatic carbocycles.